The number of aliphatic hydroxyl groups excluding tert-OH is 1. The first-order valence-electron chi connectivity index (χ1n) is 2.63. The number of aliphatic hydroxyl groups is 1. The average molecular weight is 183 g/mol. The second kappa shape index (κ2) is 5.54. The lowest BCUT2D eigenvalue weighted by atomic mass is 10.4. The van der Waals surface area contributed by atoms with Crippen LogP contribution in [-0.2, 0) is 4.74 Å². The number of hydrogen-bond donors (Lipinski definition) is 1. The van der Waals surface area contributed by atoms with Crippen LogP contribution in [0.5, 0.6) is 0 Å². The summed E-state index contributed by atoms with van der Waals surface area (Å²) in [6.07, 6.45) is -0.0278. The van der Waals surface area contributed by atoms with Crippen molar-refractivity contribution < 1.29 is 9.84 Å². The van der Waals surface area contributed by atoms with E-state index < -0.39 is 0 Å². The van der Waals surface area contributed by atoms with Gasteiger partial charge in [-0.15, -0.1) is 0 Å². The summed E-state index contributed by atoms with van der Waals surface area (Å²) in [5.74, 6) is 0. The number of hydrogen-bond acceptors (Lipinski definition) is 2. The summed E-state index contributed by atoms with van der Waals surface area (Å²) in [6, 6.07) is 0. The van der Waals surface area contributed by atoms with E-state index in [2.05, 4.69) is 15.9 Å². The summed E-state index contributed by atoms with van der Waals surface area (Å²) in [5.41, 5.74) is 0. The van der Waals surface area contributed by atoms with Gasteiger partial charge in [-0.1, -0.05) is 15.9 Å². The molecule has 0 aliphatic carbocycles. The van der Waals surface area contributed by atoms with E-state index in [4.69, 9.17) is 9.84 Å². The Morgan fingerprint density at radius 3 is 2.50 bits per heavy atom. The quantitative estimate of drug-likeness (QED) is 0.652. The predicted molar refractivity (Wildman–Crippen MR) is 36.3 cm³/mol. The Morgan fingerprint density at radius 2 is 2.38 bits per heavy atom. The van der Waals surface area contributed by atoms with Crippen LogP contribution in [0, 0.1) is 0 Å². The maximum absolute atomic E-state index is 8.50. The molecule has 1 N–H and O–H groups in total. The molecule has 0 aliphatic heterocycles. The van der Waals surface area contributed by atoms with E-state index in [0.717, 1.165) is 0 Å². The van der Waals surface area contributed by atoms with Crippen LogP contribution in [0.25, 0.3) is 0 Å². The zero-order valence-corrected chi connectivity index (χ0v) is 6.52. The molecule has 2 nitrogen and oxygen atoms in total. The van der Waals surface area contributed by atoms with Gasteiger partial charge in [0.15, 0.2) is 0 Å². The lowest BCUT2D eigenvalue weighted by molar-refractivity contribution is 0.0363. The molecule has 0 saturated carbocycles. The van der Waals surface area contributed by atoms with Crippen molar-refractivity contribution in [3.8, 4) is 0 Å². The maximum Gasteiger partial charge on any atom is 0.0902 e. The van der Waals surface area contributed by atoms with Gasteiger partial charge in [-0.25, -0.2) is 0 Å². The highest BCUT2D eigenvalue weighted by atomic mass is 79.9. The highest BCUT2D eigenvalue weighted by molar-refractivity contribution is 9.09. The Kier molecular flexibility index (Phi) is 5.81. The summed E-state index contributed by atoms with van der Waals surface area (Å²) < 4.78 is 5.04. The van der Waals surface area contributed by atoms with Gasteiger partial charge in [0, 0.05) is 11.9 Å². The van der Waals surface area contributed by atoms with Gasteiger partial charge < -0.3 is 9.84 Å². The number of alkyl halides is 1. The summed E-state index contributed by atoms with van der Waals surface area (Å²) in [7, 11) is 0. The molecule has 0 radical (unpaired) electrons. The first kappa shape index (κ1) is 8.40. The zero-order chi connectivity index (χ0) is 6.41. The monoisotopic (exact) mass is 182 g/mol. The van der Waals surface area contributed by atoms with Crippen molar-refractivity contribution in [1.29, 1.82) is 0 Å². The molecule has 0 bridgehead atoms. The second-order valence-electron chi connectivity index (χ2n) is 1.41. The molecule has 1 unspecified atom stereocenters. The fourth-order valence-corrected chi connectivity index (χ4v) is 0.773. The van der Waals surface area contributed by atoms with E-state index in [9.17, 15) is 0 Å². The highest BCUT2D eigenvalue weighted by Crippen LogP contribution is 1.94. The van der Waals surface area contributed by atoms with Crippen molar-refractivity contribution in [1.82, 2.24) is 0 Å². The van der Waals surface area contributed by atoms with Crippen LogP contribution in [-0.4, -0.2) is 29.8 Å². The van der Waals surface area contributed by atoms with E-state index in [1.807, 2.05) is 6.92 Å². The van der Waals surface area contributed by atoms with Crippen molar-refractivity contribution in [2.45, 2.75) is 13.0 Å². The topological polar surface area (TPSA) is 29.5 Å². The number of halogens is 1. The van der Waals surface area contributed by atoms with E-state index >= 15 is 0 Å². The van der Waals surface area contributed by atoms with Crippen LogP contribution < -0.4 is 0 Å². The van der Waals surface area contributed by atoms with Crippen LogP contribution in [0.1, 0.15) is 6.92 Å². The minimum Gasteiger partial charge on any atom is -0.394 e. The van der Waals surface area contributed by atoms with Gasteiger partial charge in [-0.2, -0.15) is 0 Å². The van der Waals surface area contributed by atoms with Gasteiger partial charge in [0.25, 0.3) is 0 Å². The van der Waals surface area contributed by atoms with E-state index in [1.165, 1.54) is 0 Å². The first-order valence-corrected chi connectivity index (χ1v) is 3.75. The molecular formula is C5H11BrO2. The smallest absolute Gasteiger partial charge is 0.0902 e. The van der Waals surface area contributed by atoms with E-state index in [1.54, 1.807) is 0 Å². The molecule has 0 aliphatic rings. The average Bonchev–Trinajstić information content (AvgIpc) is 1.83. The molecule has 0 saturated heterocycles. The normalized spacial score (nSPS) is 13.9. The van der Waals surface area contributed by atoms with Gasteiger partial charge in [0.1, 0.15) is 0 Å². The van der Waals surface area contributed by atoms with Crippen LogP contribution in [0.15, 0.2) is 0 Å². The minimum atomic E-state index is -0.0278. The van der Waals surface area contributed by atoms with Crippen molar-refractivity contribution in [3.05, 3.63) is 0 Å². The third-order valence-electron chi connectivity index (χ3n) is 0.778. The van der Waals surface area contributed by atoms with Crippen LogP contribution >= 0.6 is 15.9 Å². The lowest BCUT2D eigenvalue weighted by Crippen LogP contribution is -2.18. The fourth-order valence-electron chi connectivity index (χ4n) is 0.382. The fraction of sp³-hybridized carbons (Fsp3) is 1.00. The Balaban J connectivity index is 3.07. The molecule has 0 aromatic heterocycles. The molecule has 0 rings (SSSR count). The van der Waals surface area contributed by atoms with E-state index in [-0.39, 0.29) is 12.7 Å². The Hall–Kier alpha value is 0.400. The largest absolute Gasteiger partial charge is 0.394 e. The van der Waals surface area contributed by atoms with Gasteiger partial charge in [0.05, 0.1) is 12.7 Å². The standard InChI is InChI=1S/C5H11BrO2/c1-2-8-5(3-6)4-7/h5,7H,2-4H2,1H3. The van der Waals surface area contributed by atoms with Crippen molar-refractivity contribution >= 4 is 15.9 Å². The predicted octanol–water partition coefficient (Wildman–Crippen LogP) is 0.779. The first-order chi connectivity index (χ1) is 3.85. The van der Waals surface area contributed by atoms with Gasteiger partial charge in [0.2, 0.25) is 0 Å². The van der Waals surface area contributed by atoms with Gasteiger partial charge >= 0.3 is 0 Å². The Labute approximate surface area is 58.0 Å². The molecule has 0 amide bonds. The third kappa shape index (κ3) is 3.41. The molecule has 8 heavy (non-hydrogen) atoms. The zero-order valence-electron chi connectivity index (χ0n) is 4.93. The maximum atomic E-state index is 8.50. The SMILES string of the molecule is CCOC(CO)CBr. The Morgan fingerprint density at radius 1 is 1.75 bits per heavy atom. The van der Waals surface area contributed by atoms with Crippen molar-refractivity contribution in [2.24, 2.45) is 0 Å². The molecule has 0 spiro atoms. The van der Waals surface area contributed by atoms with Crippen LogP contribution in [0.4, 0.5) is 0 Å². The molecule has 0 aromatic carbocycles. The van der Waals surface area contributed by atoms with Crippen LogP contribution in [0.3, 0.4) is 0 Å². The number of ether oxygens (including phenoxy) is 1. The van der Waals surface area contributed by atoms with Crippen molar-refractivity contribution in [2.75, 3.05) is 18.5 Å². The second-order valence-corrected chi connectivity index (χ2v) is 2.06. The highest BCUT2D eigenvalue weighted by Gasteiger charge is 2.01. The lowest BCUT2D eigenvalue weighted by Gasteiger charge is -2.08. The third-order valence-corrected chi connectivity index (χ3v) is 1.50. The van der Waals surface area contributed by atoms with Crippen molar-refractivity contribution in [3.63, 3.8) is 0 Å². The molecule has 0 fully saturated rings. The molecule has 3 heteroatoms. The molecule has 0 aromatic rings. The van der Waals surface area contributed by atoms with Gasteiger partial charge in [-0.05, 0) is 6.92 Å². The Bertz CT molecular complexity index is 45.7. The number of rotatable bonds is 4. The minimum absolute atomic E-state index is 0.0278. The molecule has 1 atom stereocenters. The van der Waals surface area contributed by atoms with Crippen LogP contribution in [0.2, 0.25) is 0 Å². The summed E-state index contributed by atoms with van der Waals surface area (Å²) in [5, 5.41) is 9.21. The van der Waals surface area contributed by atoms with Gasteiger partial charge in [-0.3, -0.25) is 0 Å². The summed E-state index contributed by atoms with van der Waals surface area (Å²) in [4.78, 5) is 0. The van der Waals surface area contributed by atoms with E-state index in [0.29, 0.717) is 11.9 Å². The molecule has 0 heterocycles. The summed E-state index contributed by atoms with van der Waals surface area (Å²) in [6.45, 7) is 2.67. The molecular weight excluding hydrogens is 172 g/mol. The molecule has 50 valence electrons. The summed E-state index contributed by atoms with van der Waals surface area (Å²) >= 11 is 3.19.